The van der Waals surface area contributed by atoms with Crippen LogP contribution in [0.15, 0.2) is 0 Å². The van der Waals surface area contributed by atoms with Gasteiger partial charge in [-0.05, 0) is 19.9 Å². The lowest BCUT2D eigenvalue weighted by molar-refractivity contribution is 0.601. The lowest BCUT2D eigenvalue weighted by Crippen LogP contribution is -2.07. The van der Waals surface area contributed by atoms with Gasteiger partial charge in [0.2, 0.25) is 0 Å². The van der Waals surface area contributed by atoms with Crippen LogP contribution in [0.5, 0.6) is 0 Å². The summed E-state index contributed by atoms with van der Waals surface area (Å²) in [6, 6.07) is 0. The molecule has 10 heavy (non-hydrogen) atoms. The van der Waals surface area contributed by atoms with Gasteiger partial charge in [0, 0.05) is 11.8 Å². The Hall–Kier alpha value is 0.310. The first-order valence-electron chi connectivity index (χ1n) is 4.21. The minimum atomic E-state index is 0.972. The molecule has 1 nitrogen and oxygen atoms in total. The Kier molecular flexibility index (Phi) is 6.24. The van der Waals surface area contributed by atoms with E-state index >= 15 is 0 Å². The van der Waals surface area contributed by atoms with E-state index in [1.165, 1.54) is 19.4 Å². The predicted octanol–water partition coefficient (Wildman–Crippen LogP) is 2.77. The molecule has 62 valence electrons. The average molecular weight is 161 g/mol. The molecule has 1 rings (SSSR count). The van der Waals surface area contributed by atoms with Crippen LogP contribution in [0.2, 0.25) is 0 Å². The molecule has 2 heteroatoms. The Morgan fingerprint density at radius 1 is 1.40 bits per heavy atom. The largest absolute Gasteiger partial charge is 0.254 e. The van der Waals surface area contributed by atoms with E-state index in [2.05, 4.69) is 18.3 Å². The maximum atomic E-state index is 2.30. The molecular weight excluding hydrogens is 142 g/mol. The van der Waals surface area contributed by atoms with Crippen LogP contribution in [0, 0.1) is 0 Å². The van der Waals surface area contributed by atoms with Crippen molar-refractivity contribution < 1.29 is 0 Å². The summed E-state index contributed by atoms with van der Waals surface area (Å²) in [6.07, 6.45) is 2.88. The summed E-state index contributed by atoms with van der Waals surface area (Å²) < 4.78 is 2.30. The second kappa shape index (κ2) is 6.05. The van der Waals surface area contributed by atoms with E-state index < -0.39 is 0 Å². The van der Waals surface area contributed by atoms with Crippen LogP contribution in [-0.2, 0) is 0 Å². The van der Waals surface area contributed by atoms with Gasteiger partial charge in [-0.15, -0.1) is 0 Å². The van der Waals surface area contributed by atoms with Crippen LogP contribution >= 0.6 is 11.9 Å². The highest BCUT2D eigenvalue weighted by molar-refractivity contribution is 7.97. The summed E-state index contributed by atoms with van der Waals surface area (Å²) in [5.74, 6) is 0. The molecule has 0 bridgehead atoms. The van der Waals surface area contributed by atoms with Crippen molar-refractivity contribution in [2.24, 2.45) is 0 Å². The van der Waals surface area contributed by atoms with Crippen LogP contribution in [0.25, 0.3) is 0 Å². The SMILES string of the molecule is CC.CCN(C)SC1CC1. The van der Waals surface area contributed by atoms with Crippen molar-refractivity contribution >= 4 is 11.9 Å². The lowest BCUT2D eigenvalue weighted by atomic mass is 10.8. The zero-order valence-electron chi connectivity index (χ0n) is 7.55. The predicted molar refractivity (Wildman–Crippen MR) is 50.3 cm³/mol. The van der Waals surface area contributed by atoms with Gasteiger partial charge in [-0.25, -0.2) is 0 Å². The van der Waals surface area contributed by atoms with Crippen molar-refractivity contribution in [2.75, 3.05) is 13.6 Å². The smallest absolute Gasteiger partial charge is 0.0195 e. The molecule has 0 atom stereocenters. The van der Waals surface area contributed by atoms with Gasteiger partial charge < -0.3 is 0 Å². The molecule has 0 amide bonds. The lowest BCUT2D eigenvalue weighted by Gasteiger charge is -2.10. The highest BCUT2D eigenvalue weighted by Gasteiger charge is 2.23. The van der Waals surface area contributed by atoms with E-state index in [0.29, 0.717) is 0 Å². The molecule has 0 aromatic rings. The van der Waals surface area contributed by atoms with Crippen molar-refractivity contribution in [2.45, 2.75) is 38.9 Å². The standard InChI is InChI=1S/C6H13NS.C2H6/c1-3-7(2)8-6-4-5-6;1-2/h6H,3-5H2,1-2H3;1-2H3. The first kappa shape index (κ1) is 10.3. The summed E-state index contributed by atoms with van der Waals surface area (Å²) in [5, 5.41) is 0.972. The summed E-state index contributed by atoms with van der Waals surface area (Å²) in [4.78, 5) is 0. The van der Waals surface area contributed by atoms with Crippen LogP contribution in [0.4, 0.5) is 0 Å². The van der Waals surface area contributed by atoms with Crippen molar-refractivity contribution in [3.63, 3.8) is 0 Å². The zero-order chi connectivity index (χ0) is 7.98. The fourth-order valence-corrected chi connectivity index (χ4v) is 1.51. The molecule has 1 aliphatic carbocycles. The summed E-state index contributed by atoms with van der Waals surface area (Å²) in [7, 11) is 2.16. The van der Waals surface area contributed by atoms with E-state index in [-0.39, 0.29) is 0 Å². The zero-order valence-corrected chi connectivity index (χ0v) is 8.37. The molecule has 0 aromatic heterocycles. The molecule has 0 radical (unpaired) electrons. The van der Waals surface area contributed by atoms with Crippen molar-refractivity contribution in [3.8, 4) is 0 Å². The average Bonchev–Trinajstić information content (AvgIpc) is 2.76. The molecule has 0 N–H and O–H groups in total. The summed E-state index contributed by atoms with van der Waals surface area (Å²) >= 11 is 2.00. The maximum absolute atomic E-state index is 2.30. The Balaban J connectivity index is 0.000000371. The molecule has 0 heterocycles. The minimum absolute atomic E-state index is 0.972. The molecule has 0 unspecified atom stereocenters. The molecule has 1 fully saturated rings. The summed E-state index contributed by atoms with van der Waals surface area (Å²) in [5.41, 5.74) is 0. The van der Waals surface area contributed by atoms with Gasteiger partial charge in [0.25, 0.3) is 0 Å². The quantitative estimate of drug-likeness (QED) is 0.586. The first-order valence-corrected chi connectivity index (χ1v) is 5.04. The molecule has 0 aliphatic heterocycles. The Morgan fingerprint density at radius 3 is 2.20 bits per heavy atom. The first-order chi connectivity index (χ1) is 4.83. The van der Waals surface area contributed by atoms with E-state index in [9.17, 15) is 0 Å². The Morgan fingerprint density at radius 2 is 1.90 bits per heavy atom. The molecule has 0 spiro atoms. The summed E-state index contributed by atoms with van der Waals surface area (Å²) in [6.45, 7) is 7.36. The van der Waals surface area contributed by atoms with Crippen LogP contribution in [-0.4, -0.2) is 23.1 Å². The number of nitrogens with zero attached hydrogens (tertiary/aromatic N) is 1. The van der Waals surface area contributed by atoms with Gasteiger partial charge in [0.05, 0.1) is 0 Å². The van der Waals surface area contributed by atoms with Gasteiger partial charge in [-0.3, -0.25) is 4.31 Å². The van der Waals surface area contributed by atoms with E-state index in [1.54, 1.807) is 0 Å². The Labute approximate surface area is 69.3 Å². The second-order valence-electron chi connectivity index (χ2n) is 2.25. The van der Waals surface area contributed by atoms with Crippen molar-refractivity contribution in [3.05, 3.63) is 0 Å². The van der Waals surface area contributed by atoms with Gasteiger partial charge in [0.15, 0.2) is 0 Å². The monoisotopic (exact) mass is 161 g/mol. The third kappa shape index (κ3) is 5.12. The normalized spacial score (nSPS) is 16.5. The number of hydrogen-bond acceptors (Lipinski definition) is 2. The highest BCUT2D eigenvalue weighted by atomic mass is 32.2. The third-order valence-corrected chi connectivity index (χ3v) is 2.69. The van der Waals surface area contributed by atoms with Crippen LogP contribution in [0.1, 0.15) is 33.6 Å². The van der Waals surface area contributed by atoms with Gasteiger partial charge in [-0.2, -0.15) is 0 Å². The third-order valence-electron chi connectivity index (χ3n) is 1.30. The fourth-order valence-electron chi connectivity index (χ4n) is 0.502. The molecule has 1 saturated carbocycles. The van der Waals surface area contributed by atoms with Crippen molar-refractivity contribution in [1.29, 1.82) is 0 Å². The van der Waals surface area contributed by atoms with E-state index in [0.717, 1.165) is 5.25 Å². The van der Waals surface area contributed by atoms with Crippen LogP contribution in [0.3, 0.4) is 0 Å². The Bertz CT molecular complexity index is 71.7. The minimum Gasteiger partial charge on any atom is -0.254 e. The molecule has 1 aliphatic rings. The van der Waals surface area contributed by atoms with Crippen LogP contribution < -0.4 is 0 Å². The number of rotatable bonds is 3. The molecular formula is C8H19NS. The van der Waals surface area contributed by atoms with Crippen molar-refractivity contribution in [1.82, 2.24) is 4.31 Å². The molecule has 0 saturated heterocycles. The van der Waals surface area contributed by atoms with Gasteiger partial charge in [-0.1, -0.05) is 32.7 Å². The number of hydrogen-bond donors (Lipinski definition) is 0. The topological polar surface area (TPSA) is 3.24 Å². The maximum Gasteiger partial charge on any atom is 0.0195 e. The van der Waals surface area contributed by atoms with Gasteiger partial charge >= 0.3 is 0 Å². The second-order valence-corrected chi connectivity index (χ2v) is 3.75. The van der Waals surface area contributed by atoms with E-state index in [1.807, 2.05) is 25.8 Å². The molecule has 0 aromatic carbocycles. The van der Waals surface area contributed by atoms with Gasteiger partial charge in [0.1, 0.15) is 0 Å². The highest BCUT2D eigenvalue weighted by Crippen LogP contribution is 2.35. The van der Waals surface area contributed by atoms with E-state index in [4.69, 9.17) is 0 Å². The fraction of sp³-hybridized carbons (Fsp3) is 1.00.